The van der Waals surface area contributed by atoms with Crippen molar-refractivity contribution in [2.24, 2.45) is 0 Å². The maximum Gasteiger partial charge on any atom is 0.113 e. The van der Waals surface area contributed by atoms with Crippen LogP contribution in [0.25, 0.3) is 0 Å². The molecule has 1 aromatic rings. The minimum Gasteiger partial charge on any atom is -0.382 e. The van der Waals surface area contributed by atoms with Gasteiger partial charge in [0, 0.05) is 32.2 Å². The summed E-state index contributed by atoms with van der Waals surface area (Å²) >= 11 is 12.3. The van der Waals surface area contributed by atoms with Crippen LogP contribution in [0.4, 0.5) is 0 Å². The van der Waals surface area contributed by atoms with Crippen LogP contribution in [-0.2, 0) is 14.9 Å². The average molecular weight is 330 g/mol. The molecule has 0 aromatic heterocycles. The van der Waals surface area contributed by atoms with Crippen LogP contribution in [0.3, 0.4) is 0 Å². The molecule has 1 aliphatic carbocycles. The van der Waals surface area contributed by atoms with Gasteiger partial charge < -0.3 is 14.8 Å². The second-order valence-corrected chi connectivity index (χ2v) is 6.98. The summed E-state index contributed by atoms with van der Waals surface area (Å²) in [5.74, 6) is 0. The van der Waals surface area contributed by atoms with E-state index in [0.29, 0.717) is 22.7 Å². The van der Waals surface area contributed by atoms with E-state index in [2.05, 4.69) is 11.4 Å². The fourth-order valence-electron chi connectivity index (χ4n) is 4.18. The van der Waals surface area contributed by atoms with Crippen LogP contribution in [0, 0.1) is 0 Å². The van der Waals surface area contributed by atoms with Crippen LogP contribution in [0.2, 0.25) is 10.0 Å². The minimum absolute atomic E-state index is 0.0676. The summed E-state index contributed by atoms with van der Waals surface area (Å²) in [5, 5.41) is 4.79. The Labute approximate surface area is 135 Å². The number of halogens is 2. The average Bonchev–Trinajstić information content (AvgIpc) is 2.86. The highest BCUT2D eigenvalue weighted by molar-refractivity contribution is 6.42. The van der Waals surface area contributed by atoms with Crippen molar-refractivity contribution in [3.8, 4) is 0 Å². The Morgan fingerprint density at radius 2 is 2.10 bits per heavy atom. The fourth-order valence-corrected chi connectivity index (χ4v) is 4.48. The first-order valence-electron chi connectivity index (χ1n) is 7.30. The zero-order valence-electron chi connectivity index (χ0n) is 12.4. The van der Waals surface area contributed by atoms with Crippen molar-refractivity contribution in [2.45, 2.75) is 36.3 Å². The van der Waals surface area contributed by atoms with Crippen molar-refractivity contribution in [1.82, 2.24) is 5.32 Å². The van der Waals surface area contributed by atoms with Crippen molar-refractivity contribution in [1.29, 1.82) is 0 Å². The molecule has 1 heterocycles. The van der Waals surface area contributed by atoms with Gasteiger partial charge in [-0.3, -0.25) is 0 Å². The highest BCUT2D eigenvalue weighted by Crippen LogP contribution is 2.53. The molecule has 2 bridgehead atoms. The van der Waals surface area contributed by atoms with Crippen LogP contribution >= 0.6 is 23.2 Å². The Kier molecular flexibility index (Phi) is 4.23. The lowest BCUT2D eigenvalue weighted by Gasteiger charge is -2.51. The Balaban J connectivity index is 2.10. The van der Waals surface area contributed by atoms with E-state index in [0.717, 1.165) is 25.8 Å². The Hall–Kier alpha value is -0.320. The van der Waals surface area contributed by atoms with Crippen molar-refractivity contribution >= 4 is 23.2 Å². The Morgan fingerprint density at radius 1 is 1.29 bits per heavy atom. The molecule has 3 nitrogen and oxygen atoms in total. The van der Waals surface area contributed by atoms with Crippen LogP contribution in [0.15, 0.2) is 18.2 Å². The third-order valence-electron chi connectivity index (χ3n) is 5.30. The number of piperidine rings is 1. The van der Waals surface area contributed by atoms with E-state index in [-0.39, 0.29) is 11.0 Å². The van der Waals surface area contributed by atoms with Gasteiger partial charge in [-0.1, -0.05) is 29.3 Å². The number of hydrogen-bond donors (Lipinski definition) is 1. The summed E-state index contributed by atoms with van der Waals surface area (Å²) < 4.78 is 11.5. The first kappa shape index (κ1) is 15.6. The number of rotatable bonds is 4. The fraction of sp³-hybridized carbons (Fsp3) is 0.625. The van der Waals surface area contributed by atoms with Crippen LogP contribution in [0.1, 0.15) is 24.8 Å². The van der Waals surface area contributed by atoms with Crippen molar-refractivity contribution in [2.75, 3.05) is 27.4 Å². The molecular weight excluding hydrogens is 309 g/mol. The van der Waals surface area contributed by atoms with Gasteiger partial charge in [-0.2, -0.15) is 0 Å². The molecule has 5 heteroatoms. The molecule has 116 valence electrons. The van der Waals surface area contributed by atoms with Crippen LogP contribution in [0.5, 0.6) is 0 Å². The van der Waals surface area contributed by atoms with E-state index >= 15 is 0 Å². The predicted octanol–water partition coefficient (Wildman–Crippen LogP) is 3.42. The number of benzene rings is 1. The molecule has 2 fully saturated rings. The van der Waals surface area contributed by atoms with Gasteiger partial charge in [0.1, 0.15) is 5.60 Å². The number of fused-ring (bicyclic) bond motifs is 2. The Morgan fingerprint density at radius 3 is 2.76 bits per heavy atom. The monoisotopic (exact) mass is 329 g/mol. The largest absolute Gasteiger partial charge is 0.382 e. The van der Waals surface area contributed by atoms with Gasteiger partial charge in [-0.05, 0) is 37.0 Å². The van der Waals surface area contributed by atoms with Crippen LogP contribution in [-0.4, -0.2) is 39.0 Å². The summed E-state index contributed by atoms with van der Waals surface area (Å²) in [7, 11) is 3.50. The molecule has 3 atom stereocenters. The first-order valence-corrected chi connectivity index (χ1v) is 8.05. The maximum atomic E-state index is 6.26. The second-order valence-electron chi connectivity index (χ2n) is 6.16. The summed E-state index contributed by atoms with van der Waals surface area (Å²) in [6.07, 6.45) is 3.26. The predicted molar refractivity (Wildman–Crippen MR) is 85.4 cm³/mol. The molecule has 1 saturated heterocycles. The molecule has 1 N–H and O–H groups in total. The molecule has 0 radical (unpaired) electrons. The van der Waals surface area contributed by atoms with Gasteiger partial charge in [0.2, 0.25) is 0 Å². The highest BCUT2D eigenvalue weighted by atomic mass is 35.5. The van der Waals surface area contributed by atoms with E-state index in [1.807, 2.05) is 12.1 Å². The first-order chi connectivity index (χ1) is 10.1. The summed E-state index contributed by atoms with van der Waals surface area (Å²) in [5.41, 5.74) is 0.771. The van der Waals surface area contributed by atoms with Gasteiger partial charge in [0.25, 0.3) is 0 Å². The summed E-state index contributed by atoms with van der Waals surface area (Å²) in [6, 6.07) is 6.52. The number of nitrogens with one attached hydrogen (secondary N) is 1. The van der Waals surface area contributed by atoms with Gasteiger partial charge in [-0.25, -0.2) is 0 Å². The molecule has 1 aliphatic heterocycles. The number of methoxy groups -OCH3 is 2. The van der Waals surface area contributed by atoms with Gasteiger partial charge >= 0.3 is 0 Å². The van der Waals surface area contributed by atoms with E-state index in [4.69, 9.17) is 32.7 Å². The number of hydrogen-bond acceptors (Lipinski definition) is 3. The molecule has 2 aliphatic rings. The molecule has 1 aromatic carbocycles. The Bertz CT molecular complexity index is 539. The van der Waals surface area contributed by atoms with Crippen molar-refractivity contribution in [3.63, 3.8) is 0 Å². The summed E-state index contributed by atoms with van der Waals surface area (Å²) in [4.78, 5) is 0. The summed E-state index contributed by atoms with van der Waals surface area (Å²) in [6.45, 7) is 1.35. The van der Waals surface area contributed by atoms with Gasteiger partial charge in [0.15, 0.2) is 0 Å². The third-order valence-corrected chi connectivity index (χ3v) is 6.04. The highest BCUT2D eigenvalue weighted by Gasteiger charge is 2.59. The maximum absolute atomic E-state index is 6.26. The van der Waals surface area contributed by atoms with Gasteiger partial charge in [0.05, 0.1) is 16.7 Å². The topological polar surface area (TPSA) is 30.5 Å². The molecule has 3 rings (SSSR count). The molecule has 1 saturated carbocycles. The third kappa shape index (κ3) is 2.30. The lowest BCUT2D eigenvalue weighted by atomic mass is 9.64. The molecular formula is C16H21Cl2NO2. The van der Waals surface area contributed by atoms with Crippen molar-refractivity contribution in [3.05, 3.63) is 33.8 Å². The van der Waals surface area contributed by atoms with Crippen molar-refractivity contribution < 1.29 is 9.47 Å². The van der Waals surface area contributed by atoms with E-state index in [1.54, 1.807) is 14.2 Å². The molecule has 0 spiro atoms. The van der Waals surface area contributed by atoms with Gasteiger partial charge in [-0.15, -0.1) is 0 Å². The molecule has 21 heavy (non-hydrogen) atoms. The number of ether oxygens (including phenoxy) is 2. The molecule has 0 amide bonds. The quantitative estimate of drug-likeness (QED) is 0.918. The van der Waals surface area contributed by atoms with E-state index < -0.39 is 0 Å². The van der Waals surface area contributed by atoms with E-state index in [1.165, 1.54) is 5.56 Å². The van der Waals surface area contributed by atoms with E-state index in [9.17, 15) is 0 Å². The second kappa shape index (κ2) is 5.71. The lowest BCUT2D eigenvalue weighted by molar-refractivity contribution is -0.124. The molecule has 1 unspecified atom stereocenters. The smallest absolute Gasteiger partial charge is 0.113 e. The minimum atomic E-state index is -0.369. The zero-order valence-corrected chi connectivity index (χ0v) is 13.9. The lowest BCUT2D eigenvalue weighted by Crippen LogP contribution is -2.64. The standard InChI is InChI=1S/C16H21Cl2NO2/c1-20-10-16(21-2)9-19-12-5-6-15(16,8-12)11-3-4-13(17)14(18)7-11/h3-4,7,12,19H,5-6,8-10H2,1-2H3/t12?,15-,16+/m1/s1. The zero-order chi connectivity index (χ0) is 15.1. The normalized spacial score (nSPS) is 35.1. The van der Waals surface area contributed by atoms with Crippen LogP contribution < -0.4 is 5.32 Å². The SMILES string of the molecule is COC[C@@]1(OC)CNC2CC[C@]1(c1ccc(Cl)c(Cl)c1)C2.